The minimum Gasteiger partial charge on any atom is -0.310 e. The van der Waals surface area contributed by atoms with Gasteiger partial charge in [-0.2, -0.15) is 0 Å². The van der Waals surface area contributed by atoms with Gasteiger partial charge < -0.3 is 4.90 Å². The Balaban J connectivity index is 1.76. The van der Waals surface area contributed by atoms with E-state index in [-0.39, 0.29) is 0 Å². The Kier molecular flexibility index (Phi) is 3.28. The van der Waals surface area contributed by atoms with Crippen molar-refractivity contribution in [3.63, 3.8) is 0 Å². The molecule has 0 atom stereocenters. The summed E-state index contributed by atoms with van der Waals surface area (Å²) < 4.78 is 0. The van der Waals surface area contributed by atoms with Crippen LogP contribution in [0.25, 0.3) is 11.3 Å². The van der Waals surface area contributed by atoms with E-state index in [1.165, 1.54) is 11.3 Å². The molecule has 4 rings (SSSR count). The molecular weight excluding hydrogens is 294 g/mol. The molecule has 2 heterocycles. The number of hydrogen-bond acceptors (Lipinski definition) is 3. The van der Waals surface area contributed by atoms with Crippen LogP contribution in [0.5, 0.6) is 0 Å². The first-order chi connectivity index (χ1) is 10.8. The standard InChI is InChI=1S/C18H14ClN3/c19-15-7-3-2-6-14(15)16-9-11-20-18(21-16)22-12-10-13-5-1-4-8-17(13)22/h1-9,11H,10,12H2. The van der Waals surface area contributed by atoms with Gasteiger partial charge in [-0.3, -0.25) is 0 Å². The lowest BCUT2D eigenvalue weighted by atomic mass is 10.1. The fourth-order valence-corrected chi connectivity index (χ4v) is 3.08. The lowest BCUT2D eigenvalue weighted by Gasteiger charge is -2.17. The molecule has 0 N–H and O–H groups in total. The molecule has 0 spiro atoms. The zero-order chi connectivity index (χ0) is 14.9. The van der Waals surface area contributed by atoms with Crippen molar-refractivity contribution in [1.29, 1.82) is 0 Å². The number of nitrogens with zero attached hydrogens (tertiary/aromatic N) is 3. The number of hydrogen-bond donors (Lipinski definition) is 0. The van der Waals surface area contributed by atoms with Crippen LogP contribution in [0, 0.1) is 0 Å². The van der Waals surface area contributed by atoms with Gasteiger partial charge in [0.2, 0.25) is 5.95 Å². The highest BCUT2D eigenvalue weighted by Crippen LogP contribution is 2.33. The molecule has 0 saturated heterocycles. The second-order valence-corrected chi connectivity index (χ2v) is 5.66. The van der Waals surface area contributed by atoms with Gasteiger partial charge in [0.15, 0.2) is 0 Å². The number of fused-ring (bicyclic) bond motifs is 1. The Morgan fingerprint density at radius 2 is 1.77 bits per heavy atom. The van der Waals surface area contributed by atoms with E-state index >= 15 is 0 Å². The minimum absolute atomic E-state index is 0.703. The van der Waals surface area contributed by atoms with Crippen molar-refractivity contribution in [2.45, 2.75) is 6.42 Å². The van der Waals surface area contributed by atoms with E-state index in [0.717, 1.165) is 30.2 Å². The topological polar surface area (TPSA) is 29.0 Å². The van der Waals surface area contributed by atoms with Gasteiger partial charge in [-0.1, -0.05) is 48.0 Å². The van der Waals surface area contributed by atoms with Gasteiger partial charge in [-0.15, -0.1) is 0 Å². The summed E-state index contributed by atoms with van der Waals surface area (Å²) in [5.41, 5.74) is 4.31. The molecule has 0 bridgehead atoms. The maximum Gasteiger partial charge on any atom is 0.230 e. The van der Waals surface area contributed by atoms with Crippen molar-refractivity contribution in [2.24, 2.45) is 0 Å². The highest BCUT2D eigenvalue weighted by Gasteiger charge is 2.22. The molecule has 0 radical (unpaired) electrons. The van der Waals surface area contributed by atoms with Crippen molar-refractivity contribution in [2.75, 3.05) is 11.4 Å². The van der Waals surface area contributed by atoms with Crippen LogP contribution < -0.4 is 4.90 Å². The fraction of sp³-hybridized carbons (Fsp3) is 0.111. The molecule has 0 unspecified atom stereocenters. The van der Waals surface area contributed by atoms with Gasteiger partial charge in [0.05, 0.1) is 5.69 Å². The summed E-state index contributed by atoms with van der Waals surface area (Å²) in [6.45, 7) is 0.908. The van der Waals surface area contributed by atoms with Gasteiger partial charge in [0, 0.05) is 29.0 Å². The third kappa shape index (κ3) is 2.24. The Labute approximate surface area is 134 Å². The van der Waals surface area contributed by atoms with E-state index in [1.807, 2.05) is 30.3 Å². The normalized spacial score (nSPS) is 13.2. The first kappa shape index (κ1) is 13.3. The maximum absolute atomic E-state index is 6.28. The van der Waals surface area contributed by atoms with E-state index < -0.39 is 0 Å². The molecule has 4 heteroatoms. The first-order valence-electron chi connectivity index (χ1n) is 7.26. The van der Waals surface area contributed by atoms with Crippen molar-refractivity contribution in [3.8, 4) is 11.3 Å². The average Bonchev–Trinajstić information content (AvgIpc) is 2.99. The lowest BCUT2D eigenvalue weighted by molar-refractivity contribution is 0.941. The van der Waals surface area contributed by atoms with E-state index in [9.17, 15) is 0 Å². The van der Waals surface area contributed by atoms with Crippen LogP contribution in [-0.2, 0) is 6.42 Å². The van der Waals surface area contributed by atoms with Crippen LogP contribution in [0.15, 0.2) is 60.8 Å². The summed E-state index contributed by atoms with van der Waals surface area (Å²) in [6, 6.07) is 18.0. The SMILES string of the molecule is Clc1ccccc1-c1ccnc(N2CCc3ccccc32)n1. The van der Waals surface area contributed by atoms with Gasteiger partial charge in [0.25, 0.3) is 0 Å². The second-order valence-electron chi connectivity index (χ2n) is 5.25. The fourth-order valence-electron chi connectivity index (χ4n) is 2.84. The van der Waals surface area contributed by atoms with E-state index in [4.69, 9.17) is 16.6 Å². The highest BCUT2D eigenvalue weighted by molar-refractivity contribution is 6.33. The molecule has 22 heavy (non-hydrogen) atoms. The van der Waals surface area contributed by atoms with E-state index in [0.29, 0.717) is 5.02 Å². The van der Waals surface area contributed by atoms with Crippen LogP contribution in [0.2, 0.25) is 5.02 Å². The zero-order valence-corrected chi connectivity index (χ0v) is 12.7. The molecular formula is C18H14ClN3. The zero-order valence-electron chi connectivity index (χ0n) is 11.9. The summed E-state index contributed by atoms with van der Waals surface area (Å²) in [6.07, 6.45) is 2.82. The smallest absolute Gasteiger partial charge is 0.230 e. The van der Waals surface area contributed by atoms with Crippen molar-refractivity contribution in [1.82, 2.24) is 9.97 Å². The minimum atomic E-state index is 0.703. The molecule has 0 saturated carbocycles. The summed E-state index contributed by atoms with van der Waals surface area (Å²) in [5, 5.41) is 0.703. The van der Waals surface area contributed by atoms with Crippen LogP contribution in [-0.4, -0.2) is 16.5 Å². The van der Waals surface area contributed by atoms with Crippen LogP contribution >= 0.6 is 11.6 Å². The quantitative estimate of drug-likeness (QED) is 0.698. The maximum atomic E-state index is 6.28. The molecule has 1 aliphatic rings. The van der Waals surface area contributed by atoms with Crippen LogP contribution in [0.3, 0.4) is 0 Å². The Morgan fingerprint density at radius 1 is 0.955 bits per heavy atom. The molecule has 3 aromatic rings. The van der Waals surface area contributed by atoms with Crippen molar-refractivity contribution in [3.05, 3.63) is 71.4 Å². The number of halogens is 1. The Morgan fingerprint density at radius 3 is 2.68 bits per heavy atom. The number of benzene rings is 2. The third-order valence-corrected chi connectivity index (χ3v) is 4.25. The number of rotatable bonds is 2. The van der Waals surface area contributed by atoms with Gasteiger partial charge >= 0.3 is 0 Å². The molecule has 0 amide bonds. The van der Waals surface area contributed by atoms with E-state index in [2.05, 4.69) is 34.1 Å². The number of aromatic nitrogens is 2. The summed E-state index contributed by atoms with van der Waals surface area (Å²) in [5.74, 6) is 0.724. The molecule has 1 aromatic heterocycles. The summed E-state index contributed by atoms with van der Waals surface area (Å²) in [7, 11) is 0. The van der Waals surface area contributed by atoms with Gasteiger partial charge in [-0.25, -0.2) is 9.97 Å². The molecule has 2 aromatic carbocycles. The Hall–Kier alpha value is -2.39. The third-order valence-electron chi connectivity index (χ3n) is 3.92. The molecule has 3 nitrogen and oxygen atoms in total. The van der Waals surface area contributed by atoms with Crippen LogP contribution in [0.4, 0.5) is 11.6 Å². The summed E-state index contributed by atoms with van der Waals surface area (Å²) in [4.78, 5) is 11.3. The lowest BCUT2D eigenvalue weighted by Crippen LogP contribution is -2.16. The Bertz CT molecular complexity index is 832. The molecule has 0 fully saturated rings. The predicted molar refractivity (Wildman–Crippen MR) is 89.6 cm³/mol. The van der Waals surface area contributed by atoms with E-state index in [1.54, 1.807) is 6.20 Å². The largest absolute Gasteiger partial charge is 0.310 e. The molecule has 108 valence electrons. The number of anilines is 2. The van der Waals surface area contributed by atoms with Gasteiger partial charge in [-0.05, 0) is 30.2 Å². The highest BCUT2D eigenvalue weighted by atomic mass is 35.5. The average molecular weight is 308 g/mol. The first-order valence-corrected chi connectivity index (χ1v) is 7.64. The van der Waals surface area contributed by atoms with Crippen LogP contribution in [0.1, 0.15) is 5.56 Å². The second kappa shape index (κ2) is 5.43. The van der Waals surface area contributed by atoms with Crippen molar-refractivity contribution >= 4 is 23.2 Å². The van der Waals surface area contributed by atoms with Gasteiger partial charge in [0.1, 0.15) is 0 Å². The summed E-state index contributed by atoms with van der Waals surface area (Å²) >= 11 is 6.28. The number of para-hydroxylation sites is 1. The molecule has 0 aliphatic carbocycles. The monoisotopic (exact) mass is 307 g/mol. The predicted octanol–water partition coefficient (Wildman–Crippen LogP) is 4.49. The van der Waals surface area contributed by atoms with Crippen molar-refractivity contribution < 1.29 is 0 Å². The molecule has 1 aliphatic heterocycles.